The van der Waals surface area contributed by atoms with E-state index in [0.717, 1.165) is 0 Å². The number of non-ortho nitro benzene ring substituents is 1. The van der Waals surface area contributed by atoms with E-state index in [9.17, 15) is 41.8 Å². The minimum absolute atomic E-state index is 0.0503. The van der Waals surface area contributed by atoms with Gasteiger partial charge >= 0.3 is 11.2 Å². The Morgan fingerprint density at radius 3 is 2.00 bits per heavy atom. The van der Waals surface area contributed by atoms with Gasteiger partial charge in [-0.05, 0) is 0 Å². The van der Waals surface area contributed by atoms with Gasteiger partial charge in [0.05, 0.1) is 23.0 Å². The highest BCUT2D eigenvalue weighted by atomic mass is 32.2. The molecule has 0 radical (unpaired) electrons. The van der Waals surface area contributed by atoms with E-state index in [0.29, 0.717) is 13.2 Å². The van der Waals surface area contributed by atoms with Gasteiger partial charge in [-0.1, -0.05) is 0 Å². The molecule has 9 nitrogen and oxygen atoms in total. The SMILES string of the molecule is COc1c([N+](=O)[O-])cc([N+](=O)[O-])cc1S(=O)(=O)C(F)(F)F. The molecule has 21 heavy (non-hydrogen) atoms. The van der Waals surface area contributed by atoms with Crippen molar-refractivity contribution in [3.63, 3.8) is 0 Å². The van der Waals surface area contributed by atoms with E-state index in [1.165, 1.54) is 0 Å². The lowest BCUT2D eigenvalue weighted by molar-refractivity contribution is -0.395. The summed E-state index contributed by atoms with van der Waals surface area (Å²) in [5, 5.41) is 21.3. The molecule has 1 aromatic carbocycles. The van der Waals surface area contributed by atoms with Gasteiger partial charge in [-0.25, -0.2) is 8.42 Å². The fourth-order valence-corrected chi connectivity index (χ4v) is 2.30. The maximum Gasteiger partial charge on any atom is 0.502 e. The molecule has 0 saturated carbocycles. The summed E-state index contributed by atoms with van der Waals surface area (Å²) in [4.78, 5) is 17.0. The van der Waals surface area contributed by atoms with E-state index in [2.05, 4.69) is 4.74 Å². The molecule has 0 N–H and O–H groups in total. The van der Waals surface area contributed by atoms with Gasteiger partial charge in [0.1, 0.15) is 4.90 Å². The number of hydrogen-bond donors (Lipinski definition) is 0. The second-order valence-corrected chi connectivity index (χ2v) is 5.37. The molecule has 0 heterocycles. The number of rotatable bonds is 4. The van der Waals surface area contributed by atoms with Gasteiger partial charge in [0.2, 0.25) is 5.75 Å². The van der Waals surface area contributed by atoms with Crippen LogP contribution in [-0.4, -0.2) is 30.9 Å². The van der Waals surface area contributed by atoms with E-state index >= 15 is 0 Å². The average Bonchev–Trinajstić information content (AvgIpc) is 2.35. The van der Waals surface area contributed by atoms with Crippen LogP contribution in [0.4, 0.5) is 24.5 Å². The molecule has 0 saturated heterocycles. The molecule has 0 atom stereocenters. The van der Waals surface area contributed by atoms with E-state index in [1.807, 2.05) is 0 Å². The maximum atomic E-state index is 12.5. The van der Waals surface area contributed by atoms with Crippen molar-refractivity contribution >= 4 is 21.2 Å². The van der Waals surface area contributed by atoms with Crippen molar-refractivity contribution in [3.8, 4) is 5.75 Å². The first kappa shape index (κ1) is 16.6. The van der Waals surface area contributed by atoms with Gasteiger partial charge in [-0.2, -0.15) is 13.2 Å². The summed E-state index contributed by atoms with van der Waals surface area (Å²) in [6.45, 7) is 0. The molecule has 13 heteroatoms. The zero-order chi connectivity index (χ0) is 16.6. The van der Waals surface area contributed by atoms with E-state index < -0.39 is 47.2 Å². The molecule has 1 rings (SSSR count). The van der Waals surface area contributed by atoms with Crippen molar-refractivity contribution in [3.05, 3.63) is 32.4 Å². The third-order valence-corrected chi connectivity index (χ3v) is 3.72. The monoisotopic (exact) mass is 330 g/mol. The number of nitrogens with zero attached hydrogens (tertiary/aromatic N) is 2. The van der Waals surface area contributed by atoms with Crippen molar-refractivity contribution in [2.24, 2.45) is 0 Å². The fourth-order valence-electron chi connectivity index (χ4n) is 1.34. The van der Waals surface area contributed by atoms with E-state index in [4.69, 9.17) is 0 Å². The number of alkyl halides is 3. The lowest BCUT2D eigenvalue weighted by Crippen LogP contribution is -2.24. The molecule has 0 fully saturated rings. The highest BCUT2D eigenvalue weighted by Crippen LogP contribution is 2.42. The number of sulfone groups is 1. The first-order valence-electron chi connectivity index (χ1n) is 4.75. The molecular weight excluding hydrogens is 325 g/mol. The molecule has 0 spiro atoms. The maximum absolute atomic E-state index is 12.5. The van der Waals surface area contributed by atoms with Crippen molar-refractivity contribution in [1.29, 1.82) is 0 Å². The van der Waals surface area contributed by atoms with Crippen molar-refractivity contribution < 1.29 is 36.2 Å². The zero-order valence-electron chi connectivity index (χ0n) is 9.95. The minimum atomic E-state index is -6.07. The van der Waals surface area contributed by atoms with Crippen LogP contribution in [0.5, 0.6) is 5.75 Å². The molecule has 0 aliphatic heterocycles. The second-order valence-electron chi connectivity index (χ2n) is 3.46. The Kier molecular flexibility index (Phi) is 4.08. The van der Waals surface area contributed by atoms with Crippen molar-refractivity contribution in [2.45, 2.75) is 10.4 Å². The number of hydrogen-bond acceptors (Lipinski definition) is 7. The number of halogens is 3. The Balaban J connectivity index is 3.88. The van der Waals surface area contributed by atoms with Crippen LogP contribution < -0.4 is 4.74 Å². The van der Waals surface area contributed by atoms with Gasteiger partial charge in [0.25, 0.3) is 15.5 Å². The molecule has 0 aliphatic carbocycles. The largest absolute Gasteiger partial charge is 0.502 e. The van der Waals surface area contributed by atoms with E-state index in [-0.39, 0.29) is 6.07 Å². The fraction of sp³-hybridized carbons (Fsp3) is 0.250. The molecule has 0 bridgehead atoms. The Bertz CT molecular complexity index is 713. The van der Waals surface area contributed by atoms with Gasteiger partial charge in [-0.15, -0.1) is 0 Å². The van der Waals surface area contributed by atoms with Crippen LogP contribution in [0.15, 0.2) is 17.0 Å². The highest BCUT2D eigenvalue weighted by Gasteiger charge is 2.50. The Morgan fingerprint density at radius 2 is 1.67 bits per heavy atom. The lowest BCUT2D eigenvalue weighted by atomic mass is 10.2. The average molecular weight is 330 g/mol. The highest BCUT2D eigenvalue weighted by molar-refractivity contribution is 7.92. The van der Waals surface area contributed by atoms with Crippen LogP contribution >= 0.6 is 0 Å². The van der Waals surface area contributed by atoms with Gasteiger partial charge in [0.15, 0.2) is 0 Å². The summed E-state index contributed by atoms with van der Waals surface area (Å²) >= 11 is 0. The normalized spacial score (nSPS) is 12.0. The van der Waals surface area contributed by atoms with Gasteiger partial charge < -0.3 is 4.74 Å². The van der Waals surface area contributed by atoms with Crippen molar-refractivity contribution in [2.75, 3.05) is 7.11 Å². The number of benzene rings is 1. The van der Waals surface area contributed by atoms with Gasteiger partial charge in [0, 0.05) is 6.07 Å². The number of methoxy groups -OCH3 is 1. The topological polar surface area (TPSA) is 130 Å². The number of nitro groups is 2. The molecule has 1 aromatic rings. The standard InChI is InChI=1S/C8H5F3N2O7S/c1-20-7-5(13(16)17)2-4(12(14)15)3-6(7)21(18,19)8(9,10)11/h2-3H,1H3. The Labute approximate surface area is 114 Å². The number of nitro benzene ring substituents is 2. The first-order chi connectivity index (χ1) is 9.43. The van der Waals surface area contributed by atoms with Crippen LogP contribution in [0.1, 0.15) is 0 Å². The Hall–Kier alpha value is -2.44. The first-order valence-corrected chi connectivity index (χ1v) is 6.24. The second kappa shape index (κ2) is 5.16. The van der Waals surface area contributed by atoms with Crippen LogP contribution in [-0.2, 0) is 9.84 Å². The predicted octanol–water partition coefficient (Wildman–Crippen LogP) is 1.81. The van der Waals surface area contributed by atoms with Crippen LogP contribution in [0.25, 0.3) is 0 Å². The molecule has 0 unspecified atom stereocenters. The summed E-state index contributed by atoms with van der Waals surface area (Å²) in [6.07, 6.45) is 0. The summed E-state index contributed by atoms with van der Waals surface area (Å²) < 4.78 is 64.5. The van der Waals surface area contributed by atoms with Crippen LogP contribution in [0.2, 0.25) is 0 Å². The van der Waals surface area contributed by atoms with Gasteiger partial charge in [-0.3, -0.25) is 20.2 Å². The number of ether oxygens (including phenoxy) is 1. The summed E-state index contributed by atoms with van der Waals surface area (Å²) in [5.41, 5.74) is -8.26. The zero-order valence-corrected chi connectivity index (χ0v) is 10.8. The summed E-state index contributed by atoms with van der Waals surface area (Å²) in [5.74, 6) is -1.23. The summed E-state index contributed by atoms with van der Waals surface area (Å²) in [7, 11) is -5.37. The van der Waals surface area contributed by atoms with E-state index in [1.54, 1.807) is 0 Å². The lowest BCUT2D eigenvalue weighted by Gasteiger charge is -2.11. The van der Waals surface area contributed by atoms with Crippen molar-refractivity contribution in [1.82, 2.24) is 0 Å². The quantitative estimate of drug-likeness (QED) is 0.607. The third-order valence-electron chi connectivity index (χ3n) is 2.23. The minimum Gasteiger partial charge on any atom is -0.489 e. The Morgan fingerprint density at radius 1 is 1.14 bits per heavy atom. The molecular formula is C8H5F3N2O7S. The molecule has 116 valence electrons. The molecule has 0 amide bonds. The van der Waals surface area contributed by atoms with Crippen LogP contribution in [0.3, 0.4) is 0 Å². The van der Waals surface area contributed by atoms with Crippen LogP contribution in [0, 0.1) is 20.2 Å². The molecule has 0 aromatic heterocycles. The summed E-state index contributed by atoms with van der Waals surface area (Å²) in [6, 6.07) is 0.350. The predicted molar refractivity (Wildman–Crippen MR) is 59.5 cm³/mol. The smallest absolute Gasteiger partial charge is 0.489 e. The molecule has 0 aliphatic rings. The third kappa shape index (κ3) is 2.86.